The summed E-state index contributed by atoms with van der Waals surface area (Å²) < 4.78 is 13.4. The molecule has 2 heterocycles. The highest BCUT2D eigenvalue weighted by atomic mass is 32.2. The molecule has 2 aromatic rings. The van der Waals surface area contributed by atoms with Crippen LogP contribution in [0.25, 0.3) is 6.08 Å². The van der Waals surface area contributed by atoms with Crippen LogP contribution in [0.5, 0.6) is 0 Å². The fourth-order valence-electron chi connectivity index (χ4n) is 1.86. The van der Waals surface area contributed by atoms with Crippen molar-refractivity contribution in [3.05, 3.63) is 59.0 Å². The number of amides is 1. The molecule has 3 rings (SSSR count). The molecule has 0 radical (unpaired) electrons. The van der Waals surface area contributed by atoms with Gasteiger partial charge in [-0.05, 0) is 42.5 Å². The molecule has 0 unspecified atom stereocenters. The first-order valence-electron chi connectivity index (χ1n) is 5.82. The van der Waals surface area contributed by atoms with E-state index in [4.69, 9.17) is 12.2 Å². The zero-order valence-corrected chi connectivity index (χ0v) is 11.8. The van der Waals surface area contributed by atoms with Crippen LogP contribution in [0.2, 0.25) is 0 Å². The second kappa shape index (κ2) is 5.22. The summed E-state index contributed by atoms with van der Waals surface area (Å²) in [5, 5.41) is 0. The van der Waals surface area contributed by atoms with Crippen LogP contribution < -0.4 is 4.90 Å². The maximum absolute atomic E-state index is 12.9. The van der Waals surface area contributed by atoms with Gasteiger partial charge in [-0.25, -0.2) is 4.39 Å². The number of H-pyrrole nitrogens is 1. The molecule has 1 amide bonds. The molecule has 100 valence electrons. The van der Waals surface area contributed by atoms with Gasteiger partial charge in [0.15, 0.2) is 4.32 Å². The van der Waals surface area contributed by atoms with Crippen molar-refractivity contribution < 1.29 is 9.18 Å². The number of aromatic nitrogens is 1. The van der Waals surface area contributed by atoms with Crippen LogP contribution in [0.1, 0.15) is 5.69 Å². The van der Waals surface area contributed by atoms with Crippen molar-refractivity contribution in [3.63, 3.8) is 0 Å². The first-order valence-corrected chi connectivity index (χ1v) is 7.04. The number of aromatic amines is 1. The minimum Gasteiger partial charge on any atom is -0.362 e. The molecule has 3 nitrogen and oxygen atoms in total. The van der Waals surface area contributed by atoms with Gasteiger partial charge in [0, 0.05) is 11.9 Å². The molecular weight excluding hydrogens is 295 g/mol. The van der Waals surface area contributed by atoms with Gasteiger partial charge in [-0.1, -0.05) is 24.0 Å². The maximum atomic E-state index is 12.9. The summed E-state index contributed by atoms with van der Waals surface area (Å²) in [5.74, 6) is -0.540. The lowest BCUT2D eigenvalue weighted by molar-refractivity contribution is -0.113. The first kappa shape index (κ1) is 13.1. The summed E-state index contributed by atoms with van der Waals surface area (Å²) in [7, 11) is 0. The molecule has 0 spiro atoms. The normalized spacial score (nSPS) is 17.2. The Bertz CT molecular complexity index is 692. The second-order valence-corrected chi connectivity index (χ2v) is 5.79. The SMILES string of the molecule is O=C1/C(=C\c2ccc[nH]2)SC(=S)N1c1ccc(F)cc1. The number of anilines is 1. The number of halogens is 1. The van der Waals surface area contributed by atoms with Crippen molar-refractivity contribution in [3.8, 4) is 0 Å². The number of hydrogen-bond donors (Lipinski definition) is 1. The van der Waals surface area contributed by atoms with Crippen molar-refractivity contribution in [2.75, 3.05) is 4.90 Å². The average molecular weight is 304 g/mol. The molecule has 6 heteroatoms. The number of nitrogens with one attached hydrogen (secondary N) is 1. The predicted molar refractivity (Wildman–Crippen MR) is 82.8 cm³/mol. The number of thioether (sulfide) groups is 1. The van der Waals surface area contributed by atoms with E-state index < -0.39 is 0 Å². The fraction of sp³-hybridized carbons (Fsp3) is 0. The Morgan fingerprint density at radius 2 is 2.00 bits per heavy atom. The smallest absolute Gasteiger partial charge is 0.270 e. The van der Waals surface area contributed by atoms with Crippen LogP contribution in [-0.2, 0) is 4.79 Å². The van der Waals surface area contributed by atoms with Crippen LogP contribution in [0.4, 0.5) is 10.1 Å². The molecule has 1 saturated heterocycles. The Morgan fingerprint density at radius 3 is 2.65 bits per heavy atom. The minimum atomic E-state index is -0.346. The molecular formula is C14H9FN2OS2. The molecule has 0 bridgehead atoms. The Hall–Kier alpha value is -1.92. The van der Waals surface area contributed by atoms with E-state index in [0.717, 1.165) is 5.69 Å². The number of rotatable bonds is 2. The number of benzene rings is 1. The monoisotopic (exact) mass is 304 g/mol. The van der Waals surface area contributed by atoms with E-state index in [1.165, 1.54) is 40.9 Å². The van der Waals surface area contributed by atoms with Gasteiger partial charge in [0.25, 0.3) is 5.91 Å². The lowest BCUT2D eigenvalue weighted by Crippen LogP contribution is -2.27. The largest absolute Gasteiger partial charge is 0.362 e. The molecule has 1 aliphatic rings. The molecule has 20 heavy (non-hydrogen) atoms. The highest BCUT2D eigenvalue weighted by molar-refractivity contribution is 8.27. The quantitative estimate of drug-likeness (QED) is 0.681. The third-order valence-electron chi connectivity index (χ3n) is 2.79. The van der Waals surface area contributed by atoms with Crippen molar-refractivity contribution >= 4 is 46.0 Å². The molecule has 1 fully saturated rings. The highest BCUT2D eigenvalue weighted by Crippen LogP contribution is 2.35. The van der Waals surface area contributed by atoms with Crippen molar-refractivity contribution in [2.24, 2.45) is 0 Å². The Labute approximate surface area is 124 Å². The number of carbonyl (C=O) groups excluding carboxylic acids is 1. The van der Waals surface area contributed by atoms with Crippen molar-refractivity contribution in [2.45, 2.75) is 0 Å². The van der Waals surface area contributed by atoms with Gasteiger partial charge < -0.3 is 4.98 Å². The Kier molecular flexibility index (Phi) is 3.42. The summed E-state index contributed by atoms with van der Waals surface area (Å²) in [4.78, 5) is 17.3. The zero-order chi connectivity index (χ0) is 14.1. The van der Waals surface area contributed by atoms with E-state index >= 15 is 0 Å². The molecule has 1 aromatic carbocycles. The van der Waals surface area contributed by atoms with Gasteiger partial charge in [0.2, 0.25) is 0 Å². The zero-order valence-electron chi connectivity index (χ0n) is 10.2. The van der Waals surface area contributed by atoms with Gasteiger partial charge in [-0.3, -0.25) is 9.69 Å². The Morgan fingerprint density at radius 1 is 1.25 bits per heavy atom. The van der Waals surface area contributed by atoms with Gasteiger partial charge in [-0.2, -0.15) is 0 Å². The third-order valence-corrected chi connectivity index (χ3v) is 4.09. The standard InChI is InChI=1S/C14H9FN2OS2/c15-9-3-5-11(6-4-9)17-13(18)12(20-14(17)19)8-10-2-1-7-16-10/h1-8,16H/b12-8+. The fourth-order valence-corrected chi connectivity index (χ4v) is 3.15. The summed E-state index contributed by atoms with van der Waals surface area (Å²) in [6.45, 7) is 0. The predicted octanol–water partition coefficient (Wildman–Crippen LogP) is 3.56. The van der Waals surface area contributed by atoms with E-state index in [-0.39, 0.29) is 11.7 Å². The van der Waals surface area contributed by atoms with Crippen molar-refractivity contribution in [1.29, 1.82) is 0 Å². The lowest BCUT2D eigenvalue weighted by Gasteiger charge is -2.14. The molecule has 0 aliphatic carbocycles. The summed E-state index contributed by atoms with van der Waals surface area (Å²) >= 11 is 6.46. The molecule has 1 aliphatic heterocycles. The van der Waals surface area contributed by atoms with E-state index in [2.05, 4.69) is 4.98 Å². The molecule has 0 atom stereocenters. The van der Waals surface area contributed by atoms with Gasteiger partial charge in [-0.15, -0.1) is 0 Å². The summed E-state index contributed by atoms with van der Waals surface area (Å²) in [6.07, 6.45) is 3.54. The van der Waals surface area contributed by atoms with Gasteiger partial charge >= 0.3 is 0 Å². The van der Waals surface area contributed by atoms with E-state index in [0.29, 0.717) is 14.9 Å². The number of hydrogen-bond acceptors (Lipinski definition) is 3. The summed E-state index contributed by atoms with van der Waals surface area (Å²) in [6, 6.07) is 9.41. The highest BCUT2D eigenvalue weighted by Gasteiger charge is 2.33. The van der Waals surface area contributed by atoms with Gasteiger partial charge in [0.1, 0.15) is 5.82 Å². The Balaban J connectivity index is 1.93. The third kappa shape index (κ3) is 2.39. The number of nitrogens with zero attached hydrogens (tertiary/aromatic N) is 1. The van der Waals surface area contributed by atoms with E-state index in [9.17, 15) is 9.18 Å². The van der Waals surface area contributed by atoms with Crippen LogP contribution in [0.3, 0.4) is 0 Å². The van der Waals surface area contributed by atoms with E-state index in [1.807, 2.05) is 12.1 Å². The molecule has 0 saturated carbocycles. The van der Waals surface area contributed by atoms with Crippen LogP contribution in [0.15, 0.2) is 47.5 Å². The van der Waals surface area contributed by atoms with Crippen LogP contribution >= 0.6 is 24.0 Å². The van der Waals surface area contributed by atoms with E-state index in [1.54, 1.807) is 12.3 Å². The average Bonchev–Trinajstić information content (AvgIpc) is 3.02. The second-order valence-electron chi connectivity index (χ2n) is 4.12. The van der Waals surface area contributed by atoms with Crippen LogP contribution in [0, 0.1) is 5.82 Å². The lowest BCUT2D eigenvalue weighted by atomic mass is 10.2. The summed E-state index contributed by atoms with van der Waals surface area (Å²) in [5.41, 5.74) is 1.41. The van der Waals surface area contributed by atoms with Crippen LogP contribution in [-0.4, -0.2) is 15.2 Å². The minimum absolute atomic E-state index is 0.193. The maximum Gasteiger partial charge on any atom is 0.270 e. The van der Waals surface area contributed by atoms with Crippen molar-refractivity contribution in [1.82, 2.24) is 4.98 Å². The topological polar surface area (TPSA) is 36.1 Å². The first-order chi connectivity index (χ1) is 9.65. The van der Waals surface area contributed by atoms with Gasteiger partial charge in [0.05, 0.1) is 10.6 Å². The molecule has 1 aromatic heterocycles. The number of carbonyl (C=O) groups is 1. The molecule has 1 N–H and O–H groups in total. The number of thiocarbonyl (C=S) groups is 1.